The molecule has 1 aliphatic heterocycles. The van der Waals surface area contributed by atoms with E-state index in [4.69, 9.17) is 9.47 Å². The highest BCUT2D eigenvalue weighted by atomic mass is 16.6. The van der Waals surface area contributed by atoms with Crippen molar-refractivity contribution < 1.29 is 19.2 Å². The van der Waals surface area contributed by atoms with E-state index < -0.39 is 17.1 Å². The lowest BCUT2D eigenvalue weighted by Crippen LogP contribution is -2.22. The molecule has 2 N–H and O–H groups in total. The van der Waals surface area contributed by atoms with E-state index in [0.717, 1.165) is 12.1 Å². The van der Waals surface area contributed by atoms with E-state index in [1.165, 1.54) is 6.07 Å². The zero-order chi connectivity index (χ0) is 15.2. The third-order valence-corrected chi connectivity index (χ3v) is 2.97. The third-order valence-electron chi connectivity index (χ3n) is 2.97. The fraction of sp³-hybridized carbons (Fsp3) is 0.462. The SMILES string of the molecule is CCNCc1ccc([N+](=O)[O-])c(OCC2CNC(=O)O2)c1. The van der Waals surface area contributed by atoms with Crippen LogP contribution in [0.3, 0.4) is 0 Å². The molecule has 21 heavy (non-hydrogen) atoms. The summed E-state index contributed by atoms with van der Waals surface area (Å²) in [5.41, 5.74) is 0.784. The Bertz CT molecular complexity index is 535. The van der Waals surface area contributed by atoms with E-state index in [1.54, 1.807) is 12.1 Å². The molecule has 1 atom stereocenters. The number of rotatable bonds is 7. The second-order valence-electron chi connectivity index (χ2n) is 4.56. The number of hydrogen-bond donors (Lipinski definition) is 2. The molecule has 1 aromatic rings. The van der Waals surface area contributed by atoms with Crippen molar-refractivity contribution in [1.29, 1.82) is 0 Å². The molecule has 1 aromatic carbocycles. The highest BCUT2D eigenvalue weighted by Crippen LogP contribution is 2.28. The summed E-state index contributed by atoms with van der Waals surface area (Å²) in [5.74, 6) is 0.179. The van der Waals surface area contributed by atoms with Crippen LogP contribution in [0.2, 0.25) is 0 Å². The maximum absolute atomic E-state index is 11.0. The number of amides is 1. The summed E-state index contributed by atoms with van der Waals surface area (Å²) in [5, 5.41) is 16.6. The number of nitro benzene ring substituents is 1. The molecule has 1 aliphatic rings. The number of carbonyl (C=O) groups excluding carboxylic acids is 1. The summed E-state index contributed by atoms with van der Waals surface area (Å²) in [4.78, 5) is 21.4. The van der Waals surface area contributed by atoms with Crippen molar-refractivity contribution in [3.05, 3.63) is 33.9 Å². The number of cyclic esters (lactones) is 1. The van der Waals surface area contributed by atoms with Crippen molar-refractivity contribution in [2.45, 2.75) is 19.6 Å². The molecule has 1 unspecified atom stereocenters. The average Bonchev–Trinajstić information content (AvgIpc) is 2.88. The number of nitrogens with one attached hydrogen (secondary N) is 2. The fourth-order valence-corrected chi connectivity index (χ4v) is 1.91. The summed E-state index contributed by atoms with van der Waals surface area (Å²) in [6.45, 7) is 3.79. The Labute approximate surface area is 121 Å². The van der Waals surface area contributed by atoms with Crippen molar-refractivity contribution in [3.8, 4) is 5.75 Å². The van der Waals surface area contributed by atoms with Crippen LogP contribution in [0.15, 0.2) is 18.2 Å². The van der Waals surface area contributed by atoms with E-state index in [2.05, 4.69) is 10.6 Å². The lowest BCUT2D eigenvalue weighted by molar-refractivity contribution is -0.385. The summed E-state index contributed by atoms with van der Waals surface area (Å²) < 4.78 is 10.4. The second kappa shape index (κ2) is 6.89. The molecular formula is C13H17N3O5. The number of hydrogen-bond acceptors (Lipinski definition) is 6. The first-order valence-corrected chi connectivity index (χ1v) is 6.65. The molecule has 0 radical (unpaired) electrons. The smallest absolute Gasteiger partial charge is 0.407 e. The summed E-state index contributed by atoms with van der Waals surface area (Å²) >= 11 is 0. The predicted molar refractivity (Wildman–Crippen MR) is 74.2 cm³/mol. The van der Waals surface area contributed by atoms with Gasteiger partial charge in [-0.05, 0) is 18.2 Å². The molecule has 1 saturated heterocycles. The van der Waals surface area contributed by atoms with Crippen molar-refractivity contribution in [3.63, 3.8) is 0 Å². The molecule has 8 heteroatoms. The summed E-state index contributed by atoms with van der Waals surface area (Å²) in [6.07, 6.45) is -0.937. The van der Waals surface area contributed by atoms with Crippen LogP contribution in [0, 0.1) is 10.1 Å². The number of ether oxygens (including phenoxy) is 2. The first-order valence-electron chi connectivity index (χ1n) is 6.65. The Balaban J connectivity index is 2.06. The van der Waals surface area contributed by atoms with Crippen LogP contribution in [-0.2, 0) is 11.3 Å². The number of carbonyl (C=O) groups is 1. The zero-order valence-electron chi connectivity index (χ0n) is 11.6. The van der Waals surface area contributed by atoms with Crippen LogP contribution >= 0.6 is 0 Å². The highest BCUT2D eigenvalue weighted by Gasteiger charge is 2.24. The minimum Gasteiger partial charge on any atom is -0.483 e. The third kappa shape index (κ3) is 4.06. The van der Waals surface area contributed by atoms with Gasteiger partial charge in [-0.25, -0.2) is 4.79 Å². The Morgan fingerprint density at radius 2 is 2.38 bits per heavy atom. The summed E-state index contributed by atoms with van der Waals surface area (Å²) in [7, 11) is 0. The average molecular weight is 295 g/mol. The largest absolute Gasteiger partial charge is 0.483 e. The normalized spacial score (nSPS) is 17.2. The fourth-order valence-electron chi connectivity index (χ4n) is 1.91. The topological polar surface area (TPSA) is 103 Å². The van der Waals surface area contributed by atoms with Gasteiger partial charge in [0.2, 0.25) is 0 Å². The van der Waals surface area contributed by atoms with Gasteiger partial charge in [0.1, 0.15) is 6.61 Å². The predicted octanol–water partition coefficient (Wildman–Crippen LogP) is 1.19. The van der Waals surface area contributed by atoms with Crippen LogP contribution in [0.4, 0.5) is 10.5 Å². The van der Waals surface area contributed by atoms with E-state index in [-0.39, 0.29) is 18.0 Å². The Hall–Kier alpha value is -2.35. The maximum atomic E-state index is 11.0. The first kappa shape index (κ1) is 15.0. The second-order valence-corrected chi connectivity index (χ2v) is 4.56. The van der Waals surface area contributed by atoms with Crippen LogP contribution in [0.5, 0.6) is 5.75 Å². The Morgan fingerprint density at radius 3 is 3.00 bits per heavy atom. The van der Waals surface area contributed by atoms with Gasteiger partial charge in [-0.15, -0.1) is 0 Å². The lowest BCUT2D eigenvalue weighted by atomic mass is 10.2. The van der Waals surface area contributed by atoms with Gasteiger partial charge >= 0.3 is 11.8 Å². The van der Waals surface area contributed by atoms with Crippen molar-refractivity contribution in [2.24, 2.45) is 0 Å². The van der Waals surface area contributed by atoms with Crippen LogP contribution in [-0.4, -0.2) is 36.8 Å². The molecule has 0 spiro atoms. The number of nitro groups is 1. The molecule has 1 amide bonds. The van der Waals surface area contributed by atoms with Crippen LogP contribution in [0.25, 0.3) is 0 Å². The Morgan fingerprint density at radius 1 is 1.57 bits per heavy atom. The standard InChI is InChI=1S/C13H17N3O5/c1-2-14-6-9-3-4-11(16(18)19)12(5-9)20-8-10-7-15-13(17)21-10/h3-5,10,14H,2,6-8H2,1H3,(H,15,17). The Kier molecular flexibility index (Phi) is 4.94. The molecule has 1 heterocycles. The van der Waals surface area contributed by atoms with Crippen molar-refractivity contribution in [2.75, 3.05) is 19.7 Å². The number of alkyl carbamates (subject to hydrolysis) is 1. The molecule has 114 valence electrons. The van der Waals surface area contributed by atoms with Gasteiger partial charge in [0.15, 0.2) is 11.9 Å². The van der Waals surface area contributed by atoms with Gasteiger partial charge in [-0.1, -0.05) is 13.0 Å². The van der Waals surface area contributed by atoms with Gasteiger partial charge in [0, 0.05) is 12.6 Å². The molecule has 0 aliphatic carbocycles. The molecule has 0 bridgehead atoms. The number of benzene rings is 1. The van der Waals surface area contributed by atoms with Gasteiger partial charge in [-0.2, -0.15) is 0 Å². The van der Waals surface area contributed by atoms with Crippen molar-refractivity contribution in [1.82, 2.24) is 10.6 Å². The van der Waals surface area contributed by atoms with Gasteiger partial charge < -0.3 is 20.1 Å². The molecule has 0 aromatic heterocycles. The van der Waals surface area contributed by atoms with Gasteiger partial charge in [0.05, 0.1) is 11.5 Å². The first-order chi connectivity index (χ1) is 10.1. The van der Waals surface area contributed by atoms with E-state index in [0.29, 0.717) is 13.1 Å². The minimum atomic E-state index is -0.501. The monoisotopic (exact) mass is 295 g/mol. The molecule has 1 fully saturated rings. The van der Waals surface area contributed by atoms with Crippen LogP contribution in [0.1, 0.15) is 12.5 Å². The molecule has 0 saturated carbocycles. The van der Waals surface area contributed by atoms with Crippen LogP contribution < -0.4 is 15.4 Å². The van der Waals surface area contributed by atoms with E-state index >= 15 is 0 Å². The minimum absolute atomic E-state index is 0.0737. The van der Waals surface area contributed by atoms with E-state index in [9.17, 15) is 14.9 Å². The van der Waals surface area contributed by atoms with E-state index in [1.807, 2.05) is 6.92 Å². The summed E-state index contributed by atoms with van der Waals surface area (Å²) in [6, 6.07) is 4.73. The highest BCUT2D eigenvalue weighted by molar-refractivity contribution is 5.69. The molecule has 2 rings (SSSR count). The maximum Gasteiger partial charge on any atom is 0.407 e. The quantitative estimate of drug-likeness (QED) is 0.578. The van der Waals surface area contributed by atoms with Gasteiger partial charge in [0.25, 0.3) is 0 Å². The zero-order valence-corrected chi connectivity index (χ0v) is 11.6. The molecular weight excluding hydrogens is 278 g/mol. The molecule has 8 nitrogen and oxygen atoms in total. The van der Waals surface area contributed by atoms with Crippen molar-refractivity contribution >= 4 is 11.8 Å². The van der Waals surface area contributed by atoms with Gasteiger partial charge in [-0.3, -0.25) is 10.1 Å². The number of nitrogens with zero attached hydrogens (tertiary/aromatic N) is 1. The lowest BCUT2D eigenvalue weighted by Gasteiger charge is -2.11.